The lowest BCUT2D eigenvalue weighted by molar-refractivity contribution is 0.0871. The second kappa shape index (κ2) is 5.71. The number of halogens is 3. The molecular formula is C13H15F3N2O. The van der Waals surface area contributed by atoms with Crippen molar-refractivity contribution in [3.8, 4) is 0 Å². The summed E-state index contributed by atoms with van der Waals surface area (Å²) in [6.07, 6.45) is 0. The highest BCUT2D eigenvalue weighted by Crippen LogP contribution is 2.16. The molecule has 1 saturated heterocycles. The van der Waals surface area contributed by atoms with Crippen LogP contribution in [0.2, 0.25) is 0 Å². The van der Waals surface area contributed by atoms with Gasteiger partial charge in [0.1, 0.15) is 0 Å². The van der Waals surface area contributed by atoms with E-state index in [4.69, 9.17) is 0 Å². The summed E-state index contributed by atoms with van der Waals surface area (Å²) < 4.78 is 39.3. The standard InChI is InChI=1S/C13H15F3N2O/c1-17-4-6-18(7-5-17)8-11(19)9-2-3-10(14)13(16)12(9)15/h2-3H,4-8H2,1H3. The van der Waals surface area contributed by atoms with Crippen LogP contribution in [0.25, 0.3) is 0 Å². The molecule has 0 N–H and O–H groups in total. The smallest absolute Gasteiger partial charge is 0.195 e. The first-order valence-electron chi connectivity index (χ1n) is 6.06. The molecule has 0 bridgehead atoms. The highest BCUT2D eigenvalue weighted by molar-refractivity contribution is 5.97. The van der Waals surface area contributed by atoms with Crippen molar-refractivity contribution in [1.82, 2.24) is 9.80 Å². The molecule has 0 atom stereocenters. The molecule has 0 saturated carbocycles. The summed E-state index contributed by atoms with van der Waals surface area (Å²) in [4.78, 5) is 15.9. The molecule has 104 valence electrons. The van der Waals surface area contributed by atoms with Crippen LogP contribution in [-0.2, 0) is 0 Å². The number of Topliss-reactive ketones (excluding diaryl/α,β-unsaturated/α-hetero) is 1. The van der Waals surface area contributed by atoms with Crippen LogP contribution in [0.4, 0.5) is 13.2 Å². The maximum Gasteiger partial charge on any atom is 0.195 e. The van der Waals surface area contributed by atoms with Crippen LogP contribution in [0.15, 0.2) is 12.1 Å². The molecule has 0 aliphatic carbocycles. The number of likely N-dealkylation sites (N-methyl/N-ethyl adjacent to an activating group) is 1. The normalized spacial score (nSPS) is 17.7. The summed E-state index contributed by atoms with van der Waals surface area (Å²) in [5.74, 6) is -4.81. The lowest BCUT2D eigenvalue weighted by Crippen LogP contribution is -2.46. The van der Waals surface area contributed by atoms with E-state index >= 15 is 0 Å². The highest BCUT2D eigenvalue weighted by Gasteiger charge is 2.22. The number of carbonyl (C=O) groups excluding carboxylic acids is 1. The van der Waals surface area contributed by atoms with E-state index in [0.717, 1.165) is 25.2 Å². The van der Waals surface area contributed by atoms with Crippen molar-refractivity contribution >= 4 is 5.78 Å². The monoisotopic (exact) mass is 272 g/mol. The second-order valence-electron chi connectivity index (χ2n) is 4.73. The van der Waals surface area contributed by atoms with E-state index in [1.807, 2.05) is 11.9 Å². The zero-order valence-corrected chi connectivity index (χ0v) is 10.6. The topological polar surface area (TPSA) is 23.6 Å². The van der Waals surface area contributed by atoms with E-state index in [0.29, 0.717) is 13.1 Å². The summed E-state index contributed by atoms with van der Waals surface area (Å²) in [5.41, 5.74) is -0.391. The highest BCUT2D eigenvalue weighted by atomic mass is 19.2. The van der Waals surface area contributed by atoms with Crippen molar-refractivity contribution < 1.29 is 18.0 Å². The molecule has 1 aliphatic heterocycles. The minimum absolute atomic E-state index is 0.0236. The first-order chi connectivity index (χ1) is 8.99. The van der Waals surface area contributed by atoms with Gasteiger partial charge in [-0.1, -0.05) is 0 Å². The van der Waals surface area contributed by atoms with Gasteiger partial charge in [-0.2, -0.15) is 0 Å². The van der Waals surface area contributed by atoms with Crippen molar-refractivity contribution in [2.75, 3.05) is 39.8 Å². The molecule has 1 aromatic rings. The van der Waals surface area contributed by atoms with Crippen molar-refractivity contribution in [3.05, 3.63) is 35.1 Å². The Morgan fingerprint density at radius 3 is 2.37 bits per heavy atom. The number of nitrogens with zero attached hydrogens (tertiary/aromatic N) is 2. The fraction of sp³-hybridized carbons (Fsp3) is 0.462. The molecule has 0 radical (unpaired) electrons. The van der Waals surface area contributed by atoms with Gasteiger partial charge in [0.15, 0.2) is 23.2 Å². The third-order valence-corrected chi connectivity index (χ3v) is 3.30. The van der Waals surface area contributed by atoms with E-state index in [-0.39, 0.29) is 6.54 Å². The molecule has 1 heterocycles. The largest absolute Gasteiger partial charge is 0.304 e. The molecule has 1 aliphatic rings. The number of piperazine rings is 1. The van der Waals surface area contributed by atoms with Crippen LogP contribution >= 0.6 is 0 Å². The SMILES string of the molecule is CN1CCN(CC(=O)c2ccc(F)c(F)c2F)CC1. The Kier molecular flexibility index (Phi) is 4.21. The Balaban J connectivity index is 2.06. The zero-order valence-electron chi connectivity index (χ0n) is 10.6. The molecule has 6 heteroatoms. The average molecular weight is 272 g/mol. The zero-order chi connectivity index (χ0) is 14.0. The Bertz CT molecular complexity index is 485. The fourth-order valence-electron chi connectivity index (χ4n) is 2.04. The maximum absolute atomic E-state index is 13.5. The van der Waals surface area contributed by atoms with Crippen LogP contribution in [0.1, 0.15) is 10.4 Å². The molecule has 1 aromatic carbocycles. The van der Waals surface area contributed by atoms with Gasteiger partial charge in [-0.25, -0.2) is 13.2 Å². The summed E-state index contributed by atoms with van der Waals surface area (Å²) in [5, 5.41) is 0. The van der Waals surface area contributed by atoms with Gasteiger partial charge < -0.3 is 4.90 Å². The average Bonchev–Trinajstić information content (AvgIpc) is 2.39. The molecule has 0 aromatic heterocycles. The number of hydrogen-bond acceptors (Lipinski definition) is 3. The van der Waals surface area contributed by atoms with E-state index in [9.17, 15) is 18.0 Å². The van der Waals surface area contributed by atoms with Crippen LogP contribution in [0.3, 0.4) is 0 Å². The van der Waals surface area contributed by atoms with Gasteiger partial charge >= 0.3 is 0 Å². The first kappa shape index (κ1) is 14.0. The van der Waals surface area contributed by atoms with Crippen LogP contribution < -0.4 is 0 Å². The molecule has 19 heavy (non-hydrogen) atoms. The van der Waals surface area contributed by atoms with Crippen molar-refractivity contribution in [2.24, 2.45) is 0 Å². The molecule has 1 fully saturated rings. The van der Waals surface area contributed by atoms with Gasteiger partial charge in [-0.3, -0.25) is 9.69 Å². The molecule has 0 amide bonds. The van der Waals surface area contributed by atoms with Crippen LogP contribution in [0.5, 0.6) is 0 Å². The molecule has 0 spiro atoms. The lowest BCUT2D eigenvalue weighted by atomic mass is 10.1. The fourth-order valence-corrected chi connectivity index (χ4v) is 2.04. The molecule has 2 rings (SSSR count). The number of rotatable bonds is 3. The van der Waals surface area contributed by atoms with Crippen LogP contribution in [-0.4, -0.2) is 55.4 Å². The third-order valence-electron chi connectivity index (χ3n) is 3.30. The Hall–Kier alpha value is -1.40. The summed E-state index contributed by atoms with van der Waals surface area (Å²) >= 11 is 0. The van der Waals surface area contributed by atoms with Crippen molar-refractivity contribution in [1.29, 1.82) is 0 Å². The predicted octanol–water partition coefficient (Wildman–Crippen LogP) is 1.53. The summed E-state index contributed by atoms with van der Waals surface area (Å²) in [6, 6.07) is 1.77. The minimum Gasteiger partial charge on any atom is -0.304 e. The summed E-state index contributed by atoms with van der Waals surface area (Å²) in [7, 11) is 1.98. The molecule has 3 nitrogen and oxygen atoms in total. The van der Waals surface area contributed by atoms with E-state index in [1.54, 1.807) is 0 Å². The predicted molar refractivity (Wildman–Crippen MR) is 64.6 cm³/mol. The van der Waals surface area contributed by atoms with Gasteiger partial charge in [0.2, 0.25) is 0 Å². The van der Waals surface area contributed by atoms with Gasteiger partial charge in [0.25, 0.3) is 0 Å². The Morgan fingerprint density at radius 2 is 1.74 bits per heavy atom. The maximum atomic E-state index is 13.5. The Morgan fingerprint density at radius 1 is 1.11 bits per heavy atom. The molecular weight excluding hydrogens is 257 g/mol. The number of hydrogen-bond donors (Lipinski definition) is 0. The van der Waals surface area contributed by atoms with E-state index < -0.39 is 28.8 Å². The third kappa shape index (κ3) is 3.13. The lowest BCUT2D eigenvalue weighted by Gasteiger charge is -2.31. The van der Waals surface area contributed by atoms with E-state index in [1.165, 1.54) is 0 Å². The van der Waals surface area contributed by atoms with Gasteiger partial charge in [-0.15, -0.1) is 0 Å². The Labute approximate surface area is 109 Å². The number of benzene rings is 1. The van der Waals surface area contributed by atoms with E-state index in [2.05, 4.69) is 4.90 Å². The van der Waals surface area contributed by atoms with Gasteiger partial charge in [0, 0.05) is 26.2 Å². The van der Waals surface area contributed by atoms with Crippen molar-refractivity contribution in [2.45, 2.75) is 0 Å². The molecule has 0 unspecified atom stereocenters. The quantitative estimate of drug-likeness (QED) is 0.616. The second-order valence-corrected chi connectivity index (χ2v) is 4.73. The van der Waals surface area contributed by atoms with Gasteiger partial charge in [0.05, 0.1) is 12.1 Å². The number of carbonyl (C=O) groups is 1. The summed E-state index contributed by atoms with van der Waals surface area (Å²) in [6.45, 7) is 3.08. The number of ketones is 1. The van der Waals surface area contributed by atoms with Gasteiger partial charge in [-0.05, 0) is 19.2 Å². The minimum atomic E-state index is -1.59. The van der Waals surface area contributed by atoms with Crippen LogP contribution in [0, 0.1) is 17.5 Å². The van der Waals surface area contributed by atoms with Crippen molar-refractivity contribution in [3.63, 3.8) is 0 Å². The first-order valence-corrected chi connectivity index (χ1v) is 6.06.